The van der Waals surface area contributed by atoms with E-state index in [0.717, 1.165) is 11.3 Å². The van der Waals surface area contributed by atoms with Crippen LogP contribution in [-0.4, -0.2) is 16.8 Å². The standard InChI is InChI=1S/C27H17Cl2F2N3O4S/c28-16-7-4-8-18(21(16)29)37-12-14-9-10-19(38-14)26(36)34-22-20-15(13-5-2-1-3-6-13)11-17(24(30)31)33-27(20)39-23(22)25(32)35/h1-11,24H,12H2,(H2,32,35)(H,34,36). The highest BCUT2D eigenvalue weighted by Crippen LogP contribution is 2.42. The highest BCUT2D eigenvalue weighted by atomic mass is 35.5. The van der Waals surface area contributed by atoms with E-state index in [0.29, 0.717) is 33.0 Å². The molecular formula is C27H17Cl2F2N3O4S. The van der Waals surface area contributed by atoms with E-state index in [2.05, 4.69) is 10.3 Å². The molecular weight excluding hydrogens is 571 g/mol. The molecule has 0 saturated heterocycles. The number of hydrogen-bond donors (Lipinski definition) is 2. The predicted molar refractivity (Wildman–Crippen MR) is 146 cm³/mol. The van der Waals surface area contributed by atoms with Gasteiger partial charge in [0, 0.05) is 5.39 Å². The van der Waals surface area contributed by atoms with Gasteiger partial charge in [0.1, 0.15) is 38.5 Å². The van der Waals surface area contributed by atoms with E-state index >= 15 is 0 Å². The highest BCUT2D eigenvalue weighted by Gasteiger charge is 2.26. The van der Waals surface area contributed by atoms with Crippen molar-refractivity contribution in [3.05, 3.63) is 98.9 Å². The number of ether oxygens (including phenoxy) is 1. The fourth-order valence-corrected chi connectivity index (χ4v) is 5.22. The van der Waals surface area contributed by atoms with Gasteiger partial charge in [-0.1, -0.05) is 59.6 Å². The molecule has 0 aliphatic heterocycles. The van der Waals surface area contributed by atoms with Crippen molar-refractivity contribution in [1.82, 2.24) is 4.98 Å². The van der Waals surface area contributed by atoms with Gasteiger partial charge in [0.25, 0.3) is 18.2 Å². The first-order valence-electron chi connectivity index (χ1n) is 11.3. The van der Waals surface area contributed by atoms with Crippen LogP contribution in [0.2, 0.25) is 10.0 Å². The van der Waals surface area contributed by atoms with Gasteiger partial charge in [0.05, 0.1) is 10.7 Å². The first-order chi connectivity index (χ1) is 18.7. The Morgan fingerprint density at radius 3 is 2.56 bits per heavy atom. The maximum absolute atomic E-state index is 13.6. The second kappa shape index (κ2) is 11.0. The number of primary amides is 1. The Morgan fingerprint density at radius 1 is 1.08 bits per heavy atom. The van der Waals surface area contributed by atoms with Gasteiger partial charge in [-0.05, 0) is 41.5 Å². The molecule has 39 heavy (non-hydrogen) atoms. The van der Waals surface area contributed by atoms with Crippen LogP contribution < -0.4 is 15.8 Å². The second-order valence-corrected chi connectivity index (χ2v) is 9.96. The van der Waals surface area contributed by atoms with Crippen LogP contribution in [0.25, 0.3) is 21.3 Å². The minimum atomic E-state index is -2.85. The number of fused-ring (bicyclic) bond motifs is 1. The summed E-state index contributed by atoms with van der Waals surface area (Å²) in [5.41, 5.74) is 6.13. The van der Waals surface area contributed by atoms with Gasteiger partial charge < -0.3 is 20.2 Å². The van der Waals surface area contributed by atoms with E-state index < -0.39 is 23.9 Å². The first kappa shape index (κ1) is 26.6. The number of nitrogens with one attached hydrogen (secondary N) is 1. The number of nitrogens with zero attached hydrogens (tertiary/aromatic N) is 1. The van der Waals surface area contributed by atoms with Gasteiger partial charge in [-0.3, -0.25) is 9.59 Å². The maximum Gasteiger partial charge on any atom is 0.291 e. The average Bonchev–Trinajstić information content (AvgIpc) is 3.55. The fraction of sp³-hybridized carbons (Fsp3) is 0.0741. The lowest BCUT2D eigenvalue weighted by atomic mass is 10.0. The normalized spacial score (nSPS) is 11.2. The summed E-state index contributed by atoms with van der Waals surface area (Å²) in [5, 5.41) is 3.54. The number of carbonyl (C=O) groups is 2. The number of hydrogen-bond acceptors (Lipinski definition) is 6. The SMILES string of the molecule is NC(=O)c1sc2nc(C(F)F)cc(-c3ccccc3)c2c1NC(=O)c1ccc(COc2cccc(Cl)c2Cl)o1. The monoisotopic (exact) mass is 587 g/mol. The van der Waals surface area contributed by atoms with Crippen LogP contribution in [0.3, 0.4) is 0 Å². The number of amides is 2. The molecule has 3 N–H and O–H groups in total. The summed E-state index contributed by atoms with van der Waals surface area (Å²) in [5.74, 6) is -0.973. The molecule has 5 aromatic rings. The summed E-state index contributed by atoms with van der Waals surface area (Å²) in [7, 11) is 0. The molecule has 0 atom stereocenters. The van der Waals surface area contributed by atoms with Crippen LogP contribution >= 0.6 is 34.5 Å². The van der Waals surface area contributed by atoms with Crippen molar-refractivity contribution in [1.29, 1.82) is 0 Å². The van der Waals surface area contributed by atoms with Gasteiger partial charge in [0.2, 0.25) is 0 Å². The van der Waals surface area contributed by atoms with Crippen molar-refractivity contribution in [2.75, 3.05) is 5.32 Å². The van der Waals surface area contributed by atoms with Gasteiger partial charge >= 0.3 is 0 Å². The summed E-state index contributed by atoms with van der Waals surface area (Å²) in [4.78, 5) is 29.6. The Bertz CT molecular complexity index is 1710. The fourth-order valence-electron chi connectivity index (χ4n) is 3.86. The Labute approximate surface area is 234 Å². The number of aromatic nitrogens is 1. The largest absolute Gasteiger partial charge is 0.484 e. The molecule has 0 unspecified atom stereocenters. The molecule has 12 heteroatoms. The molecule has 0 bridgehead atoms. The zero-order valence-corrected chi connectivity index (χ0v) is 22.0. The lowest BCUT2D eigenvalue weighted by molar-refractivity contribution is 0.0992. The lowest BCUT2D eigenvalue weighted by Crippen LogP contribution is -2.16. The third kappa shape index (κ3) is 5.44. The predicted octanol–water partition coefficient (Wildman–Crippen LogP) is 7.73. The van der Waals surface area contributed by atoms with Gasteiger partial charge in [-0.2, -0.15) is 0 Å². The molecule has 0 aliphatic rings. The third-order valence-electron chi connectivity index (χ3n) is 5.62. The number of benzene rings is 2. The van der Waals surface area contributed by atoms with E-state index in [9.17, 15) is 18.4 Å². The van der Waals surface area contributed by atoms with E-state index in [1.807, 2.05) is 0 Å². The van der Waals surface area contributed by atoms with Crippen molar-refractivity contribution >= 4 is 62.3 Å². The smallest absolute Gasteiger partial charge is 0.291 e. The number of carbonyl (C=O) groups excluding carboxylic acids is 2. The molecule has 2 amide bonds. The number of alkyl halides is 2. The summed E-state index contributed by atoms with van der Waals surface area (Å²) >= 11 is 12.9. The number of furan rings is 1. The summed E-state index contributed by atoms with van der Waals surface area (Å²) < 4.78 is 38.6. The summed E-state index contributed by atoms with van der Waals surface area (Å²) in [6.45, 7) is -0.0419. The minimum absolute atomic E-state index is 0.0415. The second-order valence-electron chi connectivity index (χ2n) is 8.17. The third-order valence-corrected chi connectivity index (χ3v) is 7.52. The van der Waals surface area contributed by atoms with E-state index in [1.54, 1.807) is 54.6 Å². The molecule has 7 nitrogen and oxygen atoms in total. The highest BCUT2D eigenvalue weighted by molar-refractivity contribution is 7.21. The molecule has 5 rings (SSSR count). The van der Waals surface area contributed by atoms with Crippen molar-refractivity contribution in [2.45, 2.75) is 13.0 Å². The average molecular weight is 588 g/mol. The molecule has 0 saturated carbocycles. The van der Waals surface area contributed by atoms with Crippen LogP contribution in [0.1, 0.15) is 38.1 Å². The number of rotatable bonds is 8. The Morgan fingerprint density at radius 2 is 1.85 bits per heavy atom. The number of thiophene rings is 1. The first-order valence-corrected chi connectivity index (χ1v) is 12.9. The minimum Gasteiger partial charge on any atom is -0.484 e. The number of pyridine rings is 1. The van der Waals surface area contributed by atoms with Crippen LogP contribution in [-0.2, 0) is 6.61 Å². The van der Waals surface area contributed by atoms with E-state index in [-0.39, 0.29) is 32.8 Å². The topological polar surface area (TPSA) is 107 Å². The maximum atomic E-state index is 13.6. The van der Waals surface area contributed by atoms with E-state index in [4.69, 9.17) is 38.1 Å². The zero-order chi connectivity index (χ0) is 27.7. The lowest BCUT2D eigenvalue weighted by Gasteiger charge is -2.10. The Kier molecular flexibility index (Phi) is 7.51. The molecule has 2 aromatic carbocycles. The van der Waals surface area contributed by atoms with E-state index in [1.165, 1.54) is 12.1 Å². The Hall–Kier alpha value is -3.99. The number of nitrogens with two attached hydrogens (primary N) is 1. The van der Waals surface area contributed by atoms with Crippen LogP contribution in [0.4, 0.5) is 14.5 Å². The molecule has 0 radical (unpaired) electrons. The van der Waals surface area contributed by atoms with Crippen LogP contribution in [0.5, 0.6) is 5.75 Å². The zero-order valence-electron chi connectivity index (χ0n) is 19.7. The molecule has 3 aromatic heterocycles. The summed E-state index contributed by atoms with van der Waals surface area (Å²) in [6.07, 6.45) is -2.85. The quantitative estimate of drug-likeness (QED) is 0.193. The van der Waals surface area contributed by atoms with Gasteiger partial charge in [0.15, 0.2) is 5.76 Å². The van der Waals surface area contributed by atoms with Gasteiger partial charge in [-0.15, -0.1) is 11.3 Å². The van der Waals surface area contributed by atoms with Crippen molar-refractivity contribution in [3.63, 3.8) is 0 Å². The number of halogens is 4. The van der Waals surface area contributed by atoms with Crippen molar-refractivity contribution < 1.29 is 27.5 Å². The van der Waals surface area contributed by atoms with Crippen LogP contribution in [0.15, 0.2) is 71.1 Å². The molecule has 0 spiro atoms. The molecule has 0 fully saturated rings. The summed E-state index contributed by atoms with van der Waals surface area (Å²) in [6, 6.07) is 17.8. The van der Waals surface area contributed by atoms with Crippen molar-refractivity contribution in [3.8, 4) is 16.9 Å². The molecule has 3 heterocycles. The van der Waals surface area contributed by atoms with Crippen LogP contribution in [0, 0.1) is 0 Å². The number of anilines is 1. The molecule has 0 aliphatic carbocycles. The Balaban J connectivity index is 1.49. The molecule has 198 valence electrons. The van der Waals surface area contributed by atoms with Gasteiger partial charge in [-0.25, -0.2) is 13.8 Å². The van der Waals surface area contributed by atoms with Crippen molar-refractivity contribution in [2.24, 2.45) is 5.73 Å².